The number of benzene rings is 3. The summed E-state index contributed by atoms with van der Waals surface area (Å²) in [6, 6.07) is 18.5. The number of aliphatic imine (C=N–C) groups is 1. The van der Waals surface area contributed by atoms with Crippen molar-refractivity contribution in [2.75, 3.05) is 11.4 Å². The van der Waals surface area contributed by atoms with E-state index in [1.807, 2.05) is 18.2 Å². The van der Waals surface area contributed by atoms with Gasteiger partial charge in [0.1, 0.15) is 11.6 Å². The topological polar surface area (TPSA) is 82.0 Å². The highest BCUT2D eigenvalue weighted by molar-refractivity contribution is 6.21. The highest BCUT2D eigenvalue weighted by Gasteiger charge is 2.37. The summed E-state index contributed by atoms with van der Waals surface area (Å²) >= 11 is 0. The Balaban J connectivity index is 1.54. The van der Waals surface area contributed by atoms with E-state index < -0.39 is 17.9 Å². The molecule has 2 aliphatic rings. The summed E-state index contributed by atoms with van der Waals surface area (Å²) < 4.78 is 14.7. The molecule has 0 aromatic heterocycles. The van der Waals surface area contributed by atoms with Crippen molar-refractivity contribution >= 4 is 29.3 Å². The van der Waals surface area contributed by atoms with Gasteiger partial charge in [0, 0.05) is 29.3 Å². The molecule has 5 rings (SSSR count). The summed E-state index contributed by atoms with van der Waals surface area (Å²) in [5.74, 6) is -1.36. The van der Waals surface area contributed by atoms with Gasteiger partial charge in [-0.25, -0.2) is 9.38 Å². The molecule has 164 valence electrons. The zero-order chi connectivity index (χ0) is 22.9. The van der Waals surface area contributed by atoms with Gasteiger partial charge < -0.3 is 15.3 Å². The quantitative estimate of drug-likeness (QED) is 0.609. The number of nitrogens with zero attached hydrogens (tertiary/aromatic N) is 2. The first-order valence-electron chi connectivity index (χ1n) is 10.6. The number of carbonyl (C=O) groups excluding carboxylic acids is 2. The number of hydrogen-bond acceptors (Lipinski definition) is 4. The number of rotatable bonds is 4. The number of nitrogens with one attached hydrogen (secondary N) is 1. The number of phenols is 1. The van der Waals surface area contributed by atoms with E-state index in [4.69, 9.17) is 0 Å². The van der Waals surface area contributed by atoms with Crippen molar-refractivity contribution in [3.63, 3.8) is 0 Å². The molecule has 1 atom stereocenters. The maximum Gasteiger partial charge on any atom is 0.272 e. The van der Waals surface area contributed by atoms with Crippen molar-refractivity contribution in [1.82, 2.24) is 5.32 Å². The Labute approximate surface area is 189 Å². The molecule has 2 amide bonds. The zero-order valence-corrected chi connectivity index (χ0v) is 17.5. The molecule has 3 aromatic rings. The normalized spacial score (nSPS) is 17.0. The fourth-order valence-electron chi connectivity index (χ4n) is 4.21. The van der Waals surface area contributed by atoms with Gasteiger partial charge in [0.25, 0.3) is 5.91 Å². The number of anilines is 1. The van der Waals surface area contributed by atoms with Crippen LogP contribution in [-0.2, 0) is 16.0 Å². The molecule has 0 saturated carbocycles. The van der Waals surface area contributed by atoms with Gasteiger partial charge in [-0.1, -0.05) is 48.5 Å². The average Bonchev–Trinajstić information content (AvgIpc) is 3.21. The first-order chi connectivity index (χ1) is 16.0. The minimum absolute atomic E-state index is 0.0343. The second-order valence-electron chi connectivity index (χ2n) is 7.81. The molecule has 3 aromatic carbocycles. The van der Waals surface area contributed by atoms with Crippen LogP contribution in [0.1, 0.15) is 22.3 Å². The standard InChI is InChI=1S/C26H20FN3O3/c27-20-10-3-2-8-18(20)23-19-9-5-7-17-14-15-30(24(17)19)26(33)25(29-23)28-22(32)13-12-16-6-1-4-11-21(16)31/h1-13,25,31H,14-15H2,(H,28,32)/t25-/m0/s1. The number of phenolic OH excluding ortho intramolecular Hbond substituents is 1. The van der Waals surface area contributed by atoms with Crippen LogP contribution < -0.4 is 10.2 Å². The van der Waals surface area contributed by atoms with Crippen LogP contribution in [0.25, 0.3) is 6.08 Å². The third-order valence-corrected chi connectivity index (χ3v) is 5.77. The van der Waals surface area contributed by atoms with Crippen molar-refractivity contribution in [2.24, 2.45) is 4.99 Å². The smallest absolute Gasteiger partial charge is 0.272 e. The molecule has 2 heterocycles. The van der Waals surface area contributed by atoms with E-state index in [0.717, 1.165) is 5.56 Å². The number of amides is 2. The lowest BCUT2D eigenvalue weighted by Crippen LogP contribution is -2.46. The predicted molar refractivity (Wildman–Crippen MR) is 124 cm³/mol. The second kappa shape index (κ2) is 8.35. The van der Waals surface area contributed by atoms with Crippen molar-refractivity contribution in [3.8, 4) is 5.75 Å². The monoisotopic (exact) mass is 441 g/mol. The summed E-state index contributed by atoms with van der Waals surface area (Å²) in [5, 5.41) is 12.5. The van der Waals surface area contributed by atoms with Crippen LogP contribution in [0.5, 0.6) is 5.75 Å². The third kappa shape index (κ3) is 3.78. The summed E-state index contributed by atoms with van der Waals surface area (Å²) in [6.07, 6.45) is 2.14. The Kier molecular flexibility index (Phi) is 5.22. The van der Waals surface area contributed by atoms with E-state index in [0.29, 0.717) is 35.5 Å². The molecule has 7 heteroatoms. The lowest BCUT2D eigenvalue weighted by atomic mass is 9.98. The van der Waals surface area contributed by atoms with Gasteiger partial charge in [-0.15, -0.1) is 0 Å². The molecule has 0 bridgehead atoms. The van der Waals surface area contributed by atoms with Gasteiger partial charge in [-0.05, 0) is 36.3 Å². The van der Waals surface area contributed by atoms with Crippen LogP contribution in [0.3, 0.4) is 0 Å². The van der Waals surface area contributed by atoms with Crippen LogP contribution in [0, 0.1) is 5.82 Å². The van der Waals surface area contributed by atoms with Gasteiger partial charge in [0.2, 0.25) is 12.1 Å². The fraction of sp³-hybridized carbons (Fsp3) is 0.115. The molecular weight excluding hydrogens is 421 g/mol. The van der Waals surface area contributed by atoms with E-state index in [1.165, 1.54) is 24.3 Å². The zero-order valence-electron chi connectivity index (χ0n) is 17.5. The van der Waals surface area contributed by atoms with E-state index in [1.54, 1.807) is 41.3 Å². The van der Waals surface area contributed by atoms with Crippen LogP contribution in [-0.4, -0.2) is 35.3 Å². The summed E-state index contributed by atoms with van der Waals surface area (Å²) in [5.41, 5.74) is 3.40. The lowest BCUT2D eigenvalue weighted by molar-refractivity contribution is -0.125. The van der Waals surface area contributed by atoms with Gasteiger partial charge in [0.15, 0.2) is 0 Å². The van der Waals surface area contributed by atoms with Gasteiger partial charge in [-0.3, -0.25) is 9.59 Å². The van der Waals surface area contributed by atoms with Crippen LogP contribution >= 0.6 is 0 Å². The van der Waals surface area contributed by atoms with E-state index in [-0.39, 0.29) is 17.2 Å². The van der Waals surface area contributed by atoms with Crippen LogP contribution in [0.2, 0.25) is 0 Å². The van der Waals surface area contributed by atoms with Crippen molar-refractivity contribution in [2.45, 2.75) is 12.6 Å². The molecule has 0 spiro atoms. The van der Waals surface area contributed by atoms with E-state index in [2.05, 4.69) is 10.3 Å². The Hall–Kier alpha value is -4.26. The molecule has 33 heavy (non-hydrogen) atoms. The highest BCUT2D eigenvalue weighted by atomic mass is 19.1. The molecule has 0 aliphatic carbocycles. The van der Waals surface area contributed by atoms with E-state index in [9.17, 15) is 19.1 Å². The summed E-state index contributed by atoms with van der Waals surface area (Å²) in [7, 11) is 0. The maximum absolute atomic E-state index is 14.7. The van der Waals surface area contributed by atoms with Gasteiger partial charge in [0.05, 0.1) is 11.4 Å². The summed E-state index contributed by atoms with van der Waals surface area (Å²) in [6.45, 7) is 0.464. The minimum Gasteiger partial charge on any atom is -0.507 e. The van der Waals surface area contributed by atoms with E-state index >= 15 is 0 Å². The largest absolute Gasteiger partial charge is 0.507 e. The number of para-hydroxylation sites is 2. The first kappa shape index (κ1) is 20.6. The first-order valence-corrected chi connectivity index (χ1v) is 10.6. The molecule has 0 radical (unpaired) electrons. The van der Waals surface area contributed by atoms with Gasteiger partial charge >= 0.3 is 0 Å². The molecule has 0 unspecified atom stereocenters. The summed E-state index contributed by atoms with van der Waals surface area (Å²) in [4.78, 5) is 32.1. The molecular formula is C26H20FN3O3. The Morgan fingerprint density at radius 3 is 2.64 bits per heavy atom. The minimum atomic E-state index is -1.22. The van der Waals surface area contributed by atoms with Crippen molar-refractivity contribution in [1.29, 1.82) is 0 Å². The van der Waals surface area contributed by atoms with Crippen LogP contribution in [0.4, 0.5) is 10.1 Å². The lowest BCUT2D eigenvalue weighted by Gasteiger charge is -2.20. The predicted octanol–water partition coefficient (Wildman–Crippen LogP) is 3.43. The van der Waals surface area contributed by atoms with Crippen molar-refractivity contribution in [3.05, 3.63) is 101 Å². The molecule has 6 nitrogen and oxygen atoms in total. The Morgan fingerprint density at radius 2 is 1.82 bits per heavy atom. The fourth-order valence-corrected chi connectivity index (χ4v) is 4.21. The van der Waals surface area contributed by atoms with Gasteiger partial charge in [-0.2, -0.15) is 0 Å². The number of carbonyl (C=O) groups is 2. The second-order valence-corrected chi connectivity index (χ2v) is 7.81. The molecule has 0 saturated heterocycles. The number of hydrogen-bond donors (Lipinski definition) is 2. The number of halogens is 1. The Bertz CT molecular complexity index is 1330. The van der Waals surface area contributed by atoms with Crippen molar-refractivity contribution < 1.29 is 19.1 Å². The maximum atomic E-state index is 14.7. The highest BCUT2D eigenvalue weighted by Crippen LogP contribution is 2.36. The Morgan fingerprint density at radius 1 is 1.06 bits per heavy atom. The molecule has 2 aliphatic heterocycles. The molecule has 2 N–H and O–H groups in total. The SMILES string of the molecule is O=C(C=Cc1ccccc1O)N[C@H]1N=C(c2ccccc2F)c2cccc3c2N(CC3)C1=O. The third-order valence-electron chi connectivity index (χ3n) is 5.77. The number of aromatic hydroxyl groups is 1. The van der Waals surface area contributed by atoms with Crippen LogP contribution in [0.15, 0.2) is 77.8 Å². The average molecular weight is 441 g/mol. The molecule has 0 fully saturated rings.